The Morgan fingerprint density at radius 1 is 1.39 bits per heavy atom. The molecule has 8 nitrogen and oxygen atoms in total. The van der Waals surface area contributed by atoms with Crippen molar-refractivity contribution in [2.75, 3.05) is 0 Å². The summed E-state index contributed by atoms with van der Waals surface area (Å²) < 4.78 is 2.64. The van der Waals surface area contributed by atoms with E-state index >= 15 is 0 Å². The van der Waals surface area contributed by atoms with E-state index in [0.717, 1.165) is 14.8 Å². The highest BCUT2D eigenvalue weighted by atomic mass is 127. The number of benzene rings is 1. The Bertz CT molecular complexity index is 1030. The molecule has 0 bridgehead atoms. The molecule has 0 spiro atoms. The molecule has 3 rings (SSSR count). The summed E-state index contributed by atoms with van der Waals surface area (Å²) in [5, 5.41) is 32.5. The molecule has 0 saturated heterocycles. The summed E-state index contributed by atoms with van der Waals surface area (Å²) in [6, 6.07) is 11.0. The zero-order chi connectivity index (χ0) is 20.3. The number of hydrogen-bond acceptors (Lipinski definition) is 5. The molecule has 0 aliphatic heterocycles. The lowest BCUT2D eigenvalue weighted by atomic mass is 10.1. The van der Waals surface area contributed by atoms with Crippen molar-refractivity contribution in [3.8, 4) is 17.3 Å². The molecule has 0 radical (unpaired) electrons. The number of nitrogens with zero attached hydrogens (tertiary/aromatic N) is 4. The molecule has 3 aromatic rings. The Balaban J connectivity index is 1.63. The molecule has 2 aromatic heterocycles. The number of nitriles is 1. The number of aliphatic hydroxyl groups excluding tert-OH is 1. The van der Waals surface area contributed by atoms with Gasteiger partial charge in [-0.1, -0.05) is 6.07 Å². The first-order valence-corrected chi connectivity index (χ1v) is 9.73. The Hall–Kier alpha value is -2.71. The number of nitrogens with one attached hydrogen (secondary N) is 2. The first-order valence-electron chi connectivity index (χ1n) is 8.65. The lowest BCUT2D eigenvalue weighted by Gasteiger charge is -2.13. The number of H-pyrrole nitrogens is 1. The first-order chi connectivity index (χ1) is 13.4. The largest absolute Gasteiger partial charge is 0.387 e. The molecule has 1 unspecified atom stereocenters. The molecular weight excluding hydrogens is 471 g/mol. The lowest BCUT2D eigenvalue weighted by molar-refractivity contribution is 0.0931. The third-order valence-electron chi connectivity index (χ3n) is 4.14. The fourth-order valence-corrected chi connectivity index (χ4v) is 3.31. The van der Waals surface area contributed by atoms with Crippen LogP contribution in [0.15, 0.2) is 36.5 Å². The van der Waals surface area contributed by atoms with Crippen LogP contribution < -0.4 is 5.32 Å². The van der Waals surface area contributed by atoms with Gasteiger partial charge in [-0.15, -0.1) is 0 Å². The van der Waals surface area contributed by atoms with Crippen LogP contribution in [0.3, 0.4) is 0 Å². The van der Waals surface area contributed by atoms with E-state index in [1.54, 1.807) is 17.7 Å². The summed E-state index contributed by atoms with van der Waals surface area (Å²) in [4.78, 5) is 12.3. The SMILES string of the molecule is CC(Cn1ccc(-c2ccc(C#N)c(I)c2)n1)NC(=O)c1cc([C@H](C)O)[nH]n1. The molecule has 9 heteroatoms. The van der Waals surface area contributed by atoms with Crippen LogP contribution in [0.25, 0.3) is 11.3 Å². The summed E-state index contributed by atoms with van der Waals surface area (Å²) in [6.45, 7) is 3.97. The molecule has 0 saturated carbocycles. The topological polar surface area (TPSA) is 120 Å². The minimum atomic E-state index is -0.709. The van der Waals surface area contributed by atoms with Gasteiger partial charge in [0.05, 0.1) is 29.6 Å². The average molecular weight is 490 g/mol. The molecule has 2 heterocycles. The molecule has 1 amide bonds. The minimum Gasteiger partial charge on any atom is -0.387 e. The second-order valence-corrected chi connectivity index (χ2v) is 7.65. The normalized spacial score (nSPS) is 13.0. The van der Waals surface area contributed by atoms with Crippen LogP contribution in [0, 0.1) is 14.9 Å². The molecule has 0 aliphatic rings. The number of carbonyl (C=O) groups excluding carboxylic acids is 1. The smallest absolute Gasteiger partial charge is 0.272 e. The van der Waals surface area contributed by atoms with Crippen molar-refractivity contribution in [2.45, 2.75) is 32.5 Å². The van der Waals surface area contributed by atoms with Gasteiger partial charge in [0.1, 0.15) is 11.8 Å². The van der Waals surface area contributed by atoms with Crippen molar-refractivity contribution >= 4 is 28.5 Å². The standard InChI is InChI=1S/C19H19IN6O2/c1-11(22-19(28)18-8-17(12(2)27)23-24-18)10-26-6-5-16(25-26)13-3-4-14(9-21)15(20)7-13/h3-8,11-12,27H,10H2,1-2H3,(H,22,28)(H,23,24)/t11?,12-/m0/s1. The average Bonchev–Trinajstić information content (AvgIpc) is 3.31. The monoisotopic (exact) mass is 490 g/mol. The van der Waals surface area contributed by atoms with Gasteiger partial charge in [-0.2, -0.15) is 15.5 Å². The first kappa shape index (κ1) is 20.0. The van der Waals surface area contributed by atoms with Crippen LogP contribution in [0.4, 0.5) is 0 Å². The summed E-state index contributed by atoms with van der Waals surface area (Å²) >= 11 is 2.14. The highest BCUT2D eigenvalue weighted by Crippen LogP contribution is 2.22. The molecular formula is C19H19IN6O2. The highest BCUT2D eigenvalue weighted by Gasteiger charge is 2.16. The lowest BCUT2D eigenvalue weighted by Crippen LogP contribution is -2.36. The number of aliphatic hydroxyl groups is 1. The quantitative estimate of drug-likeness (QED) is 0.459. The van der Waals surface area contributed by atoms with E-state index < -0.39 is 6.10 Å². The van der Waals surface area contributed by atoms with Gasteiger partial charge < -0.3 is 10.4 Å². The van der Waals surface area contributed by atoms with Gasteiger partial charge in [0.15, 0.2) is 0 Å². The number of rotatable bonds is 6. The van der Waals surface area contributed by atoms with Crippen LogP contribution in [0.2, 0.25) is 0 Å². The highest BCUT2D eigenvalue weighted by molar-refractivity contribution is 14.1. The van der Waals surface area contributed by atoms with Crippen LogP contribution in [-0.2, 0) is 6.54 Å². The summed E-state index contributed by atoms with van der Waals surface area (Å²) in [5.41, 5.74) is 3.09. The van der Waals surface area contributed by atoms with Gasteiger partial charge in [-0.25, -0.2) is 0 Å². The van der Waals surface area contributed by atoms with Gasteiger partial charge in [0.25, 0.3) is 5.91 Å². The van der Waals surface area contributed by atoms with E-state index in [4.69, 9.17) is 5.26 Å². The molecule has 28 heavy (non-hydrogen) atoms. The predicted molar refractivity (Wildman–Crippen MR) is 111 cm³/mol. The zero-order valence-electron chi connectivity index (χ0n) is 15.3. The van der Waals surface area contributed by atoms with Gasteiger partial charge >= 0.3 is 0 Å². The van der Waals surface area contributed by atoms with Crippen LogP contribution in [0.1, 0.15) is 41.7 Å². The summed E-state index contributed by atoms with van der Waals surface area (Å²) in [5.74, 6) is -0.315. The predicted octanol–water partition coefficient (Wildman–Crippen LogP) is 2.62. The Morgan fingerprint density at radius 2 is 2.18 bits per heavy atom. The number of aromatic nitrogens is 4. The summed E-state index contributed by atoms with van der Waals surface area (Å²) in [7, 11) is 0. The number of carbonyl (C=O) groups is 1. The zero-order valence-corrected chi connectivity index (χ0v) is 17.5. The van der Waals surface area contributed by atoms with Crippen molar-refractivity contribution < 1.29 is 9.90 Å². The molecule has 1 aromatic carbocycles. The van der Waals surface area contributed by atoms with Crippen molar-refractivity contribution in [3.63, 3.8) is 0 Å². The second kappa shape index (κ2) is 8.53. The van der Waals surface area contributed by atoms with Gasteiger partial charge in [0.2, 0.25) is 0 Å². The third kappa shape index (κ3) is 4.58. The minimum absolute atomic E-state index is 0.173. The molecule has 3 N–H and O–H groups in total. The van der Waals surface area contributed by atoms with E-state index in [9.17, 15) is 9.90 Å². The molecule has 0 aliphatic carbocycles. The second-order valence-electron chi connectivity index (χ2n) is 6.49. The van der Waals surface area contributed by atoms with Gasteiger partial charge in [-0.05, 0) is 60.7 Å². The fraction of sp³-hybridized carbons (Fsp3) is 0.263. The van der Waals surface area contributed by atoms with E-state index in [-0.39, 0.29) is 17.6 Å². The maximum atomic E-state index is 12.3. The van der Waals surface area contributed by atoms with E-state index in [0.29, 0.717) is 17.8 Å². The van der Waals surface area contributed by atoms with Crippen LogP contribution >= 0.6 is 22.6 Å². The number of halogens is 1. The fourth-order valence-electron chi connectivity index (χ4n) is 2.67. The number of hydrogen-bond donors (Lipinski definition) is 3. The maximum absolute atomic E-state index is 12.3. The van der Waals surface area contributed by atoms with Crippen LogP contribution in [-0.4, -0.2) is 37.0 Å². The van der Waals surface area contributed by atoms with Crippen molar-refractivity contribution in [1.82, 2.24) is 25.3 Å². The Morgan fingerprint density at radius 3 is 2.82 bits per heavy atom. The van der Waals surface area contributed by atoms with E-state index in [2.05, 4.69) is 49.3 Å². The molecule has 2 atom stereocenters. The van der Waals surface area contributed by atoms with Crippen molar-refractivity contribution in [3.05, 3.63) is 57.1 Å². The summed E-state index contributed by atoms with van der Waals surface area (Å²) in [6.07, 6.45) is 1.14. The van der Waals surface area contributed by atoms with E-state index in [1.165, 1.54) is 6.07 Å². The van der Waals surface area contributed by atoms with Crippen molar-refractivity contribution in [1.29, 1.82) is 5.26 Å². The third-order valence-corrected chi connectivity index (χ3v) is 5.04. The van der Waals surface area contributed by atoms with Crippen molar-refractivity contribution in [2.24, 2.45) is 0 Å². The number of aromatic amines is 1. The molecule has 0 fully saturated rings. The van der Waals surface area contributed by atoms with Crippen LogP contribution in [0.5, 0.6) is 0 Å². The number of amides is 1. The maximum Gasteiger partial charge on any atom is 0.272 e. The van der Waals surface area contributed by atoms with Gasteiger partial charge in [-0.3, -0.25) is 14.6 Å². The van der Waals surface area contributed by atoms with E-state index in [1.807, 2.05) is 31.3 Å². The Labute approximate surface area is 175 Å². The Kier molecular flexibility index (Phi) is 6.11. The van der Waals surface area contributed by atoms with Gasteiger partial charge in [0, 0.05) is 21.4 Å². The molecule has 144 valence electrons.